The molecule has 1 unspecified atom stereocenters. The van der Waals surface area contributed by atoms with E-state index in [1.165, 1.54) is 4.90 Å². The van der Waals surface area contributed by atoms with Crippen LogP contribution in [-0.4, -0.2) is 27.0 Å². The first-order valence-corrected chi connectivity index (χ1v) is 5.83. The zero-order valence-corrected chi connectivity index (χ0v) is 10.1. The Morgan fingerprint density at radius 1 is 1.50 bits per heavy atom. The van der Waals surface area contributed by atoms with Crippen LogP contribution in [0.15, 0.2) is 18.3 Å². The predicted octanol–water partition coefficient (Wildman–Crippen LogP) is 1.37. The molecule has 0 radical (unpaired) electrons. The molecule has 3 heterocycles. The lowest BCUT2D eigenvalue weighted by Crippen LogP contribution is -2.25. The number of terminal acetylenes is 1. The maximum atomic E-state index is 11.8. The number of hydrogen-bond acceptors (Lipinski definition) is 3. The van der Waals surface area contributed by atoms with Crippen molar-refractivity contribution in [1.82, 2.24) is 14.6 Å². The third-order valence-electron chi connectivity index (χ3n) is 2.89. The van der Waals surface area contributed by atoms with Gasteiger partial charge < -0.3 is 0 Å². The first kappa shape index (κ1) is 11.1. The van der Waals surface area contributed by atoms with Crippen molar-refractivity contribution >= 4 is 29.1 Å². The molecule has 0 aliphatic carbocycles. The van der Waals surface area contributed by atoms with Gasteiger partial charge in [-0.3, -0.25) is 9.69 Å². The Kier molecular flexibility index (Phi) is 2.46. The van der Waals surface area contributed by atoms with Crippen LogP contribution in [0, 0.1) is 18.3 Å². The monoisotopic (exact) mass is 260 g/mol. The molecule has 1 aliphatic heterocycles. The second-order valence-electron chi connectivity index (χ2n) is 4.13. The Morgan fingerprint density at radius 3 is 3.06 bits per heavy atom. The molecule has 0 aromatic carbocycles. The van der Waals surface area contributed by atoms with Crippen molar-refractivity contribution in [2.24, 2.45) is 5.92 Å². The van der Waals surface area contributed by atoms with E-state index in [2.05, 4.69) is 16.0 Å². The van der Waals surface area contributed by atoms with Crippen molar-refractivity contribution in [2.75, 3.05) is 11.4 Å². The molecule has 0 saturated carbocycles. The average Bonchev–Trinajstić information content (AvgIpc) is 2.91. The number of rotatable bonds is 1. The Hall–Kier alpha value is -2.06. The van der Waals surface area contributed by atoms with Gasteiger partial charge in [0.25, 0.3) is 5.95 Å². The van der Waals surface area contributed by atoms with E-state index in [0.717, 1.165) is 0 Å². The van der Waals surface area contributed by atoms with E-state index in [1.54, 1.807) is 22.8 Å². The summed E-state index contributed by atoms with van der Waals surface area (Å²) < 4.78 is 1.55. The van der Waals surface area contributed by atoms with Gasteiger partial charge in [-0.05, 0) is 12.1 Å². The third-order valence-corrected chi connectivity index (χ3v) is 3.11. The standard InChI is InChI=1S/C12H9ClN4O/c1-2-8-5-11(18)16(6-8)12-14-10-4-3-9(13)7-17(10)15-12/h1,3-4,7-8H,5-6H2. The number of carbonyl (C=O) groups excluding carboxylic acids is 1. The molecule has 6 heteroatoms. The van der Waals surface area contributed by atoms with Gasteiger partial charge in [-0.15, -0.1) is 17.4 Å². The number of hydrogen-bond donors (Lipinski definition) is 0. The van der Waals surface area contributed by atoms with Crippen molar-refractivity contribution in [1.29, 1.82) is 0 Å². The van der Waals surface area contributed by atoms with E-state index in [4.69, 9.17) is 18.0 Å². The molecule has 3 rings (SSSR count). The normalized spacial score (nSPS) is 19.4. The third kappa shape index (κ3) is 1.71. The quantitative estimate of drug-likeness (QED) is 0.728. The van der Waals surface area contributed by atoms with Gasteiger partial charge in [0.1, 0.15) is 0 Å². The Balaban J connectivity index is 2.00. The minimum Gasteiger partial charge on any atom is -0.278 e. The number of amides is 1. The maximum Gasteiger partial charge on any atom is 0.252 e. The zero-order valence-electron chi connectivity index (χ0n) is 9.38. The number of anilines is 1. The van der Waals surface area contributed by atoms with Crippen LogP contribution in [0.4, 0.5) is 5.95 Å². The highest BCUT2D eigenvalue weighted by molar-refractivity contribution is 6.30. The lowest BCUT2D eigenvalue weighted by Gasteiger charge is -2.09. The average molecular weight is 261 g/mol. The molecule has 5 nitrogen and oxygen atoms in total. The van der Waals surface area contributed by atoms with Crippen molar-refractivity contribution in [3.8, 4) is 12.3 Å². The molecule has 1 amide bonds. The molecular weight excluding hydrogens is 252 g/mol. The summed E-state index contributed by atoms with van der Waals surface area (Å²) in [6.07, 6.45) is 7.34. The molecule has 0 N–H and O–H groups in total. The maximum absolute atomic E-state index is 11.8. The van der Waals surface area contributed by atoms with Gasteiger partial charge >= 0.3 is 0 Å². The molecule has 1 atom stereocenters. The smallest absolute Gasteiger partial charge is 0.252 e. The van der Waals surface area contributed by atoms with Crippen LogP contribution < -0.4 is 4.90 Å². The fraction of sp³-hybridized carbons (Fsp3) is 0.250. The first-order chi connectivity index (χ1) is 8.67. The summed E-state index contributed by atoms with van der Waals surface area (Å²) in [5, 5.41) is 4.80. The summed E-state index contributed by atoms with van der Waals surface area (Å²) in [7, 11) is 0. The van der Waals surface area contributed by atoms with Gasteiger partial charge in [-0.1, -0.05) is 11.6 Å². The lowest BCUT2D eigenvalue weighted by atomic mass is 10.1. The van der Waals surface area contributed by atoms with E-state index in [1.807, 2.05) is 0 Å². The first-order valence-electron chi connectivity index (χ1n) is 5.46. The van der Waals surface area contributed by atoms with Crippen LogP contribution in [-0.2, 0) is 4.79 Å². The van der Waals surface area contributed by atoms with Gasteiger partial charge in [-0.2, -0.15) is 4.98 Å². The molecule has 1 fully saturated rings. The lowest BCUT2D eigenvalue weighted by molar-refractivity contribution is -0.117. The van der Waals surface area contributed by atoms with E-state index in [-0.39, 0.29) is 11.8 Å². The molecule has 1 saturated heterocycles. The van der Waals surface area contributed by atoms with E-state index >= 15 is 0 Å². The number of halogens is 1. The topological polar surface area (TPSA) is 50.5 Å². The second-order valence-corrected chi connectivity index (χ2v) is 4.57. The summed E-state index contributed by atoms with van der Waals surface area (Å²) in [4.78, 5) is 17.6. The highest BCUT2D eigenvalue weighted by atomic mass is 35.5. The minimum absolute atomic E-state index is 0.0417. The van der Waals surface area contributed by atoms with Crippen LogP contribution in [0.5, 0.6) is 0 Å². The van der Waals surface area contributed by atoms with Crippen LogP contribution in [0.1, 0.15) is 6.42 Å². The van der Waals surface area contributed by atoms with Crippen LogP contribution in [0.2, 0.25) is 5.02 Å². The summed E-state index contributed by atoms with van der Waals surface area (Å²) in [5.74, 6) is 2.86. The van der Waals surface area contributed by atoms with Crippen molar-refractivity contribution in [2.45, 2.75) is 6.42 Å². The number of pyridine rings is 1. The van der Waals surface area contributed by atoms with Crippen LogP contribution in [0.3, 0.4) is 0 Å². The fourth-order valence-electron chi connectivity index (χ4n) is 1.97. The minimum atomic E-state index is -0.0623. The van der Waals surface area contributed by atoms with Gasteiger partial charge in [0, 0.05) is 25.1 Å². The second kappa shape index (κ2) is 4.00. The number of aromatic nitrogens is 3. The highest BCUT2D eigenvalue weighted by Gasteiger charge is 2.31. The predicted molar refractivity (Wildman–Crippen MR) is 67.3 cm³/mol. The van der Waals surface area contributed by atoms with E-state index in [9.17, 15) is 4.79 Å². The SMILES string of the molecule is C#CC1CC(=O)N(c2nc3ccc(Cl)cn3n2)C1. The van der Waals surface area contributed by atoms with Crippen molar-refractivity contribution in [3.05, 3.63) is 23.4 Å². The molecule has 90 valence electrons. The largest absolute Gasteiger partial charge is 0.278 e. The summed E-state index contributed by atoms with van der Waals surface area (Å²) >= 11 is 5.87. The fourth-order valence-corrected chi connectivity index (χ4v) is 2.13. The molecular formula is C12H9ClN4O. The highest BCUT2D eigenvalue weighted by Crippen LogP contribution is 2.22. The number of carbonyl (C=O) groups is 1. The summed E-state index contributed by atoms with van der Waals surface area (Å²) in [6, 6.07) is 3.48. The van der Waals surface area contributed by atoms with Gasteiger partial charge in [0.05, 0.1) is 5.02 Å². The van der Waals surface area contributed by atoms with Crippen LogP contribution >= 0.6 is 11.6 Å². The van der Waals surface area contributed by atoms with Gasteiger partial charge in [0.2, 0.25) is 5.91 Å². The Labute approximate surface area is 108 Å². The summed E-state index contributed by atoms with van der Waals surface area (Å²) in [5.41, 5.74) is 0.645. The van der Waals surface area contributed by atoms with Gasteiger partial charge in [-0.25, -0.2) is 4.52 Å². The molecule has 0 spiro atoms. The number of fused-ring (bicyclic) bond motifs is 1. The molecule has 2 aromatic heterocycles. The zero-order chi connectivity index (χ0) is 12.7. The number of nitrogens with zero attached hydrogens (tertiary/aromatic N) is 4. The van der Waals surface area contributed by atoms with E-state index in [0.29, 0.717) is 29.6 Å². The molecule has 0 bridgehead atoms. The molecule has 18 heavy (non-hydrogen) atoms. The Bertz CT molecular complexity index is 672. The van der Waals surface area contributed by atoms with Crippen LogP contribution in [0.25, 0.3) is 5.65 Å². The summed E-state index contributed by atoms with van der Waals surface area (Å²) in [6.45, 7) is 0.472. The van der Waals surface area contributed by atoms with Crippen molar-refractivity contribution in [3.63, 3.8) is 0 Å². The molecule has 1 aliphatic rings. The van der Waals surface area contributed by atoms with E-state index < -0.39 is 0 Å². The Morgan fingerprint density at radius 2 is 2.33 bits per heavy atom. The molecule has 2 aromatic rings. The van der Waals surface area contributed by atoms with Crippen molar-refractivity contribution < 1.29 is 4.79 Å². The van der Waals surface area contributed by atoms with Gasteiger partial charge in [0.15, 0.2) is 5.65 Å².